The van der Waals surface area contributed by atoms with Crippen LogP contribution in [0.15, 0.2) is 12.1 Å². The monoisotopic (exact) mass is 318 g/mol. The molecule has 0 radical (unpaired) electrons. The third kappa shape index (κ3) is 5.02. The fraction of sp³-hybridized carbons (Fsp3) is 0.538. The highest BCUT2D eigenvalue weighted by Gasteiger charge is 2.22. The maximum absolute atomic E-state index is 11.7. The second-order valence-electron chi connectivity index (χ2n) is 4.91. The van der Waals surface area contributed by atoms with Crippen LogP contribution in [0.2, 0.25) is 4.34 Å². The molecule has 1 rings (SSSR count). The Hall–Kier alpha value is -1.27. The summed E-state index contributed by atoms with van der Waals surface area (Å²) < 4.78 is 0.666. The number of nitrogens with one attached hydrogen (secondary N) is 2. The molecule has 1 aromatic rings. The Bertz CT molecular complexity index is 476. The van der Waals surface area contributed by atoms with E-state index in [-0.39, 0.29) is 24.5 Å². The summed E-state index contributed by atoms with van der Waals surface area (Å²) in [5.74, 6) is -1.54. The van der Waals surface area contributed by atoms with Crippen molar-refractivity contribution in [1.29, 1.82) is 0 Å². The smallest absolute Gasteiger partial charge is 0.315 e. The molecular weight excluding hydrogens is 300 g/mol. The molecule has 2 amide bonds. The summed E-state index contributed by atoms with van der Waals surface area (Å²) in [7, 11) is 0. The van der Waals surface area contributed by atoms with E-state index in [1.807, 2.05) is 26.8 Å². The minimum absolute atomic E-state index is 0.0404. The van der Waals surface area contributed by atoms with Crippen LogP contribution < -0.4 is 10.6 Å². The first-order chi connectivity index (χ1) is 9.31. The predicted octanol–water partition coefficient (Wildman–Crippen LogP) is 3.12. The number of carboxylic acid groups (broad SMARTS) is 1. The van der Waals surface area contributed by atoms with Crippen molar-refractivity contribution < 1.29 is 14.7 Å². The molecule has 20 heavy (non-hydrogen) atoms. The van der Waals surface area contributed by atoms with Crippen LogP contribution in [0.25, 0.3) is 0 Å². The first kappa shape index (κ1) is 16.8. The predicted molar refractivity (Wildman–Crippen MR) is 80.2 cm³/mol. The summed E-state index contributed by atoms with van der Waals surface area (Å²) in [6, 6.07) is 3.08. The first-order valence-electron chi connectivity index (χ1n) is 6.33. The van der Waals surface area contributed by atoms with Gasteiger partial charge in [-0.15, -0.1) is 11.3 Å². The number of rotatable bonds is 6. The van der Waals surface area contributed by atoms with Crippen molar-refractivity contribution >= 4 is 34.9 Å². The lowest BCUT2D eigenvalue weighted by molar-refractivity contribution is -0.142. The zero-order valence-electron chi connectivity index (χ0n) is 11.6. The summed E-state index contributed by atoms with van der Waals surface area (Å²) in [4.78, 5) is 23.7. The highest BCUT2D eigenvalue weighted by Crippen LogP contribution is 2.26. The number of aliphatic carboxylic acids is 1. The number of carboxylic acids is 1. The molecule has 0 aliphatic carbocycles. The van der Waals surface area contributed by atoms with E-state index in [0.29, 0.717) is 4.34 Å². The molecule has 2 atom stereocenters. The zero-order valence-corrected chi connectivity index (χ0v) is 13.2. The first-order valence-corrected chi connectivity index (χ1v) is 7.53. The number of urea groups is 1. The van der Waals surface area contributed by atoms with Gasteiger partial charge in [0.1, 0.15) is 0 Å². The highest BCUT2D eigenvalue weighted by atomic mass is 35.5. The lowest BCUT2D eigenvalue weighted by Gasteiger charge is -2.18. The number of thiophene rings is 1. The highest BCUT2D eigenvalue weighted by molar-refractivity contribution is 7.16. The van der Waals surface area contributed by atoms with E-state index in [0.717, 1.165) is 4.88 Å². The van der Waals surface area contributed by atoms with Crippen LogP contribution in [-0.2, 0) is 4.79 Å². The fourth-order valence-electron chi connectivity index (χ4n) is 1.69. The maximum atomic E-state index is 11.7. The SMILES string of the molecule is CC(NC(=O)NCC(C(=O)O)C(C)C)c1ccc(Cl)s1. The van der Waals surface area contributed by atoms with Crippen molar-refractivity contribution in [2.75, 3.05) is 6.54 Å². The minimum Gasteiger partial charge on any atom is -0.481 e. The largest absolute Gasteiger partial charge is 0.481 e. The number of carbonyl (C=O) groups is 2. The lowest BCUT2D eigenvalue weighted by Crippen LogP contribution is -2.41. The molecular formula is C13H19ClN2O3S. The summed E-state index contributed by atoms with van der Waals surface area (Å²) in [6.45, 7) is 5.58. The van der Waals surface area contributed by atoms with E-state index in [1.54, 1.807) is 6.07 Å². The maximum Gasteiger partial charge on any atom is 0.315 e. The van der Waals surface area contributed by atoms with Crippen LogP contribution in [0.3, 0.4) is 0 Å². The molecule has 0 aliphatic heterocycles. The average molecular weight is 319 g/mol. The normalized spacial score (nSPS) is 13.8. The van der Waals surface area contributed by atoms with Crippen LogP contribution in [0, 0.1) is 11.8 Å². The summed E-state index contributed by atoms with van der Waals surface area (Å²) >= 11 is 7.24. The number of halogens is 1. The van der Waals surface area contributed by atoms with Gasteiger partial charge in [-0.3, -0.25) is 4.79 Å². The van der Waals surface area contributed by atoms with Crippen LogP contribution in [0.1, 0.15) is 31.7 Å². The fourth-order valence-corrected chi connectivity index (χ4v) is 2.75. The molecule has 1 aromatic heterocycles. The van der Waals surface area contributed by atoms with Crippen molar-refractivity contribution in [3.8, 4) is 0 Å². The molecule has 3 N–H and O–H groups in total. The molecule has 0 saturated carbocycles. The van der Waals surface area contributed by atoms with Gasteiger partial charge in [0.05, 0.1) is 16.3 Å². The van der Waals surface area contributed by atoms with Gasteiger partial charge in [0, 0.05) is 11.4 Å². The van der Waals surface area contributed by atoms with E-state index < -0.39 is 11.9 Å². The molecule has 112 valence electrons. The van der Waals surface area contributed by atoms with Gasteiger partial charge in [0.15, 0.2) is 0 Å². The number of carbonyl (C=O) groups excluding carboxylic acids is 1. The van der Waals surface area contributed by atoms with Crippen molar-refractivity contribution in [2.45, 2.75) is 26.8 Å². The van der Waals surface area contributed by atoms with Crippen LogP contribution in [0.5, 0.6) is 0 Å². The standard InChI is InChI=1S/C13H19ClN2O3S/c1-7(2)9(12(17)18)6-15-13(19)16-8(3)10-4-5-11(14)20-10/h4-5,7-9H,6H2,1-3H3,(H,17,18)(H2,15,16,19). The van der Waals surface area contributed by atoms with Gasteiger partial charge in [-0.2, -0.15) is 0 Å². The second-order valence-corrected chi connectivity index (χ2v) is 6.65. The Kier molecular flexibility index (Phi) is 6.29. The lowest BCUT2D eigenvalue weighted by atomic mass is 9.96. The molecule has 1 heterocycles. The quantitative estimate of drug-likeness (QED) is 0.754. The molecule has 7 heteroatoms. The Morgan fingerprint density at radius 2 is 2.00 bits per heavy atom. The van der Waals surface area contributed by atoms with E-state index in [2.05, 4.69) is 10.6 Å². The average Bonchev–Trinajstić information content (AvgIpc) is 2.75. The summed E-state index contributed by atoms with van der Waals surface area (Å²) in [6.07, 6.45) is 0. The Balaban J connectivity index is 2.45. The van der Waals surface area contributed by atoms with Crippen molar-refractivity contribution in [1.82, 2.24) is 10.6 Å². The van der Waals surface area contributed by atoms with Gasteiger partial charge in [0.2, 0.25) is 0 Å². The van der Waals surface area contributed by atoms with E-state index in [9.17, 15) is 9.59 Å². The Morgan fingerprint density at radius 1 is 1.35 bits per heavy atom. The van der Waals surface area contributed by atoms with E-state index in [1.165, 1.54) is 11.3 Å². The summed E-state index contributed by atoms with van der Waals surface area (Å²) in [5, 5.41) is 14.4. The van der Waals surface area contributed by atoms with Crippen LogP contribution in [0.4, 0.5) is 4.79 Å². The van der Waals surface area contributed by atoms with Gasteiger partial charge >= 0.3 is 12.0 Å². The number of hydrogen-bond donors (Lipinski definition) is 3. The minimum atomic E-state index is -0.904. The second kappa shape index (κ2) is 7.50. The molecule has 0 saturated heterocycles. The van der Waals surface area contributed by atoms with Crippen molar-refractivity contribution in [3.05, 3.63) is 21.3 Å². The third-order valence-corrected chi connectivity index (χ3v) is 4.39. The van der Waals surface area contributed by atoms with Crippen molar-refractivity contribution in [2.24, 2.45) is 11.8 Å². The molecule has 0 spiro atoms. The molecule has 0 fully saturated rings. The van der Waals surface area contributed by atoms with Gasteiger partial charge in [-0.25, -0.2) is 4.79 Å². The number of amides is 2. The molecule has 5 nitrogen and oxygen atoms in total. The molecule has 2 unspecified atom stereocenters. The Labute approximate surface area is 127 Å². The summed E-state index contributed by atoms with van der Waals surface area (Å²) in [5.41, 5.74) is 0. The van der Waals surface area contributed by atoms with Gasteiger partial charge < -0.3 is 15.7 Å². The van der Waals surface area contributed by atoms with Crippen molar-refractivity contribution in [3.63, 3.8) is 0 Å². The molecule has 0 aliphatic rings. The topological polar surface area (TPSA) is 78.4 Å². The molecule has 0 bridgehead atoms. The van der Waals surface area contributed by atoms with Gasteiger partial charge in [-0.1, -0.05) is 25.4 Å². The number of hydrogen-bond acceptors (Lipinski definition) is 3. The van der Waals surface area contributed by atoms with Crippen LogP contribution >= 0.6 is 22.9 Å². The van der Waals surface area contributed by atoms with E-state index in [4.69, 9.17) is 16.7 Å². The van der Waals surface area contributed by atoms with Gasteiger partial charge in [-0.05, 0) is 25.0 Å². The Morgan fingerprint density at radius 3 is 2.45 bits per heavy atom. The molecule has 0 aromatic carbocycles. The zero-order chi connectivity index (χ0) is 15.3. The van der Waals surface area contributed by atoms with Crippen LogP contribution in [-0.4, -0.2) is 23.7 Å². The van der Waals surface area contributed by atoms with Gasteiger partial charge in [0.25, 0.3) is 0 Å². The third-order valence-electron chi connectivity index (χ3n) is 2.97. The van der Waals surface area contributed by atoms with E-state index >= 15 is 0 Å².